The standard InChI is InChI=1S/C10H18N2OS/c1-3-9-7-12-10(14-9)8(2)11-5-4-6-13/h7-8,11,13H,3-6H2,1-2H3. The fraction of sp³-hybridized carbons (Fsp3) is 0.700. The first-order valence-corrected chi connectivity index (χ1v) is 5.88. The average molecular weight is 214 g/mol. The molecular formula is C10H18N2OS. The van der Waals surface area contributed by atoms with E-state index in [4.69, 9.17) is 5.11 Å². The van der Waals surface area contributed by atoms with Crippen molar-refractivity contribution in [1.29, 1.82) is 0 Å². The van der Waals surface area contributed by atoms with Gasteiger partial charge >= 0.3 is 0 Å². The summed E-state index contributed by atoms with van der Waals surface area (Å²) in [6.45, 7) is 5.34. The first kappa shape index (κ1) is 11.6. The maximum Gasteiger partial charge on any atom is 0.109 e. The topological polar surface area (TPSA) is 45.2 Å². The Morgan fingerprint density at radius 1 is 1.64 bits per heavy atom. The van der Waals surface area contributed by atoms with E-state index >= 15 is 0 Å². The molecule has 2 N–H and O–H groups in total. The molecule has 3 nitrogen and oxygen atoms in total. The fourth-order valence-electron chi connectivity index (χ4n) is 1.17. The molecule has 1 rings (SSSR count). The number of hydrogen-bond acceptors (Lipinski definition) is 4. The van der Waals surface area contributed by atoms with E-state index in [0.717, 1.165) is 24.4 Å². The Labute approximate surface area is 89.2 Å². The van der Waals surface area contributed by atoms with Crippen LogP contribution in [0.3, 0.4) is 0 Å². The van der Waals surface area contributed by atoms with Crippen LogP contribution in [0.25, 0.3) is 0 Å². The highest BCUT2D eigenvalue weighted by Crippen LogP contribution is 2.19. The highest BCUT2D eigenvalue weighted by Gasteiger charge is 2.08. The molecule has 1 atom stereocenters. The van der Waals surface area contributed by atoms with Crippen LogP contribution in [0, 0.1) is 0 Å². The number of nitrogens with zero attached hydrogens (tertiary/aromatic N) is 1. The molecule has 0 aliphatic carbocycles. The highest BCUT2D eigenvalue weighted by atomic mass is 32.1. The Balaban J connectivity index is 2.39. The summed E-state index contributed by atoms with van der Waals surface area (Å²) >= 11 is 1.76. The molecule has 0 fully saturated rings. The summed E-state index contributed by atoms with van der Waals surface area (Å²) in [6.07, 6.45) is 3.81. The van der Waals surface area contributed by atoms with Gasteiger partial charge in [0, 0.05) is 17.7 Å². The third-order valence-corrected chi connectivity index (χ3v) is 3.40. The van der Waals surface area contributed by atoms with Gasteiger partial charge in [-0.15, -0.1) is 11.3 Å². The third kappa shape index (κ3) is 3.36. The summed E-state index contributed by atoms with van der Waals surface area (Å²) in [5.41, 5.74) is 0. The van der Waals surface area contributed by atoms with Crippen LogP contribution in [-0.4, -0.2) is 23.2 Å². The monoisotopic (exact) mass is 214 g/mol. The number of hydrogen-bond donors (Lipinski definition) is 2. The summed E-state index contributed by atoms with van der Waals surface area (Å²) < 4.78 is 0. The van der Waals surface area contributed by atoms with Crippen LogP contribution in [-0.2, 0) is 6.42 Å². The molecule has 0 bridgehead atoms. The zero-order valence-electron chi connectivity index (χ0n) is 8.79. The lowest BCUT2D eigenvalue weighted by molar-refractivity contribution is 0.284. The Morgan fingerprint density at radius 3 is 3.00 bits per heavy atom. The second-order valence-electron chi connectivity index (χ2n) is 3.27. The van der Waals surface area contributed by atoms with Crippen LogP contribution in [0.2, 0.25) is 0 Å². The van der Waals surface area contributed by atoms with Crippen molar-refractivity contribution in [3.05, 3.63) is 16.1 Å². The van der Waals surface area contributed by atoms with Gasteiger partial charge < -0.3 is 10.4 Å². The number of aromatic nitrogens is 1. The van der Waals surface area contributed by atoms with Crippen LogP contribution in [0.15, 0.2) is 6.20 Å². The molecule has 1 unspecified atom stereocenters. The maximum atomic E-state index is 8.64. The predicted molar refractivity (Wildman–Crippen MR) is 59.6 cm³/mol. The molecule has 80 valence electrons. The highest BCUT2D eigenvalue weighted by molar-refractivity contribution is 7.11. The molecule has 0 aliphatic heterocycles. The normalized spacial score (nSPS) is 13.1. The molecule has 0 spiro atoms. The number of aliphatic hydroxyl groups is 1. The first-order chi connectivity index (χ1) is 6.77. The van der Waals surface area contributed by atoms with Crippen LogP contribution in [0.1, 0.15) is 36.2 Å². The molecule has 1 aromatic rings. The maximum absolute atomic E-state index is 8.64. The van der Waals surface area contributed by atoms with Gasteiger partial charge in [-0.05, 0) is 26.3 Å². The molecule has 0 saturated heterocycles. The summed E-state index contributed by atoms with van der Waals surface area (Å²) in [5.74, 6) is 0. The van der Waals surface area contributed by atoms with Crippen molar-refractivity contribution in [2.75, 3.05) is 13.2 Å². The van der Waals surface area contributed by atoms with E-state index < -0.39 is 0 Å². The van der Waals surface area contributed by atoms with E-state index in [2.05, 4.69) is 24.1 Å². The second-order valence-corrected chi connectivity index (χ2v) is 4.42. The van der Waals surface area contributed by atoms with Gasteiger partial charge in [-0.2, -0.15) is 0 Å². The van der Waals surface area contributed by atoms with Crippen molar-refractivity contribution in [1.82, 2.24) is 10.3 Å². The smallest absolute Gasteiger partial charge is 0.109 e. The third-order valence-electron chi connectivity index (χ3n) is 2.08. The Kier molecular flexibility index (Phi) is 5.07. The lowest BCUT2D eigenvalue weighted by atomic mass is 10.3. The van der Waals surface area contributed by atoms with Gasteiger partial charge in [-0.1, -0.05) is 6.92 Å². The molecule has 14 heavy (non-hydrogen) atoms. The Hall–Kier alpha value is -0.450. The Bertz CT molecular complexity index is 262. The van der Waals surface area contributed by atoms with E-state index in [1.165, 1.54) is 4.88 Å². The van der Waals surface area contributed by atoms with Gasteiger partial charge in [-0.3, -0.25) is 0 Å². The van der Waals surface area contributed by atoms with Gasteiger partial charge in [0.05, 0.1) is 6.04 Å². The number of rotatable bonds is 6. The molecule has 4 heteroatoms. The summed E-state index contributed by atoms with van der Waals surface area (Å²) in [5, 5.41) is 13.1. The number of aryl methyl sites for hydroxylation is 1. The zero-order valence-corrected chi connectivity index (χ0v) is 9.60. The van der Waals surface area contributed by atoms with E-state index in [1.807, 2.05) is 6.20 Å². The van der Waals surface area contributed by atoms with Gasteiger partial charge in [0.2, 0.25) is 0 Å². The summed E-state index contributed by atoms with van der Waals surface area (Å²) in [6, 6.07) is 0.298. The van der Waals surface area contributed by atoms with E-state index in [-0.39, 0.29) is 6.61 Å². The lowest BCUT2D eigenvalue weighted by Gasteiger charge is -2.09. The van der Waals surface area contributed by atoms with Gasteiger partial charge in [-0.25, -0.2) is 4.98 Å². The van der Waals surface area contributed by atoms with E-state index in [9.17, 15) is 0 Å². The van der Waals surface area contributed by atoms with Crippen molar-refractivity contribution >= 4 is 11.3 Å². The largest absolute Gasteiger partial charge is 0.396 e. The fourth-order valence-corrected chi connectivity index (χ4v) is 2.06. The predicted octanol–water partition coefficient (Wildman–Crippen LogP) is 1.74. The number of thiazole rings is 1. The molecule has 0 aliphatic rings. The van der Waals surface area contributed by atoms with Crippen molar-refractivity contribution < 1.29 is 5.11 Å². The molecule has 0 aromatic carbocycles. The van der Waals surface area contributed by atoms with Crippen LogP contribution in [0.4, 0.5) is 0 Å². The second kappa shape index (κ2) is 6.11. The number of aliphatic hydroxyl groups excluding tert-OH is 1. The van der Waals surface area contributed by atoms with Gasteiger partial charge in [0.1, 0.15) is 5.01 Å². The molecule has 0 amide bonds. The van der Waals surface area contributed by atoms with Crippen LogP contribution >= 0.6 is 11.3 Å². The summed E-state index contributed by atoms with van der Waals surface area (Å²) in [7, 11) is 0. The van der Waals surface area contributed by atoms with Gasteiger partial charge in [0.15, 0.2) is 0 Å². The molecule has 0 saturated carbocycles. The average Bonchev–Trinajstić information content (AvgIpc) is 2.66. The molecule has 1 aromatic heterocycles. The molecular weight excluding hydrogens is 196 g/mol. The minimum Gasteiger partial charge on any atom is -0.396 e. The van der Waals surface area contributed by atoms with E-state index in [1.54, 1.807) is 11.3 Å². The van der Waals surface area contributed by atoms with Crippen molar-refractivity contribution in [3.8, 4) is 0 Å². The minimum atomic E-state index is 0.248. The van der Waals surface area contributed by atoms with Crippen LogP contribution < -0.4 is 5.32 Å². The SMILES string of the molecule is CCc1cnc(C(C)NCCCO)s1. The quantitative estimate of drug-likeness (QED) is 0.709. The Morgan fingerprint density at radius 2 is 2.43 bits per heavy atom. The van der Waals surface area contributed by atoms with Crippen molar-refractivity contribution in [3.63, 3.8) is 0 Å². The summed E-state index contributed by atoms with van der Waals surface area (Å²) in [4.78, 5) is 5.69. The van der Waals surface area contributed by atoms with E-state index in [0.29, 0.717) is 6.04 Å². The van der Waals surface area contributed by atoms with Crippen molar-refractivity contribution in [2.24, 2.45) is 0 Å². The first-order valence-electron chi connectivity index (χ1n) is 5.06. The molecule has 1 heterocycles. The van der Waals surface area contributed by atoms with Crippen LogP contribution in [0.5, 0.6) is 0 Å². The number of nitrogens with one attached hydrogen (secondary N) is 1. The molecule has 0 radical (unpaired) electrons. The van der Waals surface area contributed by atoms with Gasteiger partial charge in [0.25, 0.3) is 0 Å². The minimum absolute atomic E-state index is 0.248. The lowest BCUT2D eigenvalue weighted by Crippen LogP contribution is -2.20. The van der Waals surface area contributed by atoms with Crippen molar-refractivity contribution in [2.45, 2.75) is 32.7 Å². The zero-order chi connectivity index (χ0) is 10.4.